The zero-order valence-electron chi connectivity index (χ0n) is 13.3. The van der Waals surface area contributed by atoms with E-state index in [2.05, 4.69) is 15.1 Å². The Hall–Kier alpha value is -1.47. The number of piperidine rings is 1. The molecule has 3 rings (SSSR count). The fourth-order valence-electron chi connectivity index (χ4n) is 3.78. The Morgan fingerprint density at radius 3 is 2.59 bits per heavy atom. The SMILES string of the molecule is CCc1nnc(CN2CCC3(CC2)C[C@@H](C(=O)O)N(C)C3)o1. The number of nitrogens with zero attached hydrogens (tertiary/aromatic N) is 4. The lowest BCUT2D eigenvalue weighted by Gasteiger charge is -2.38. The molecule has 22 heavy (non-hydrogen) atoms. The third-order valence-electron chi connectivity index (χ3n) is 5.12. The third-order valence-corrected chi connectivity index (χ3v) is 5.12. The summed E-state index contributed by atoms with van der Waals surface area (Å²) in [4.78, 5) is 15.6. The molecule has 2 aliphatic rings. The predicted octanol–water partition coefficient (Wildman–Crippen LogP) is 1.00. The molecule has 0 amide bonds. The van der Waals surface area contributed by atoms with Crippen molar-refractivity contribution in [1.82, 2.24) is 20.0 Å². The zero-order chi connectivity index (χ0) is 15.7. The number of likely N-dealkylation sites (N-methyl/N-ethyl adjacent to an activating group) is 1. The Morgan fingerprint density at radius 2 is 2.05 bits per heavy atom. The maximum absolute atomic E-state index is 11.3. The molecule has 2 saturated heterocycles. The van der Waals surface area contributed by atoms with Gasteiger partial charge in [-0.1, -0.05) is 6.92 Å². The molecule has 0 saturated carbocycles. The molecule has 1 aromatic heterocycles. The first-order chi connectivity index (χ1) is 10.5. The molecule has 2 aliphatic heterocycles. The number of carboxylic acid groups (broad SMARTS) is 1. The van der Waals surface area contributed by atoms with Crippen molar-refractivity contribution in [3.63, 3.8) is 0 Å². The van der Waals surface area contributed by atoms with Gasteiger partial charge in [0.1, 0.15) is 6.04 Å². The first-order valence-corrected chi connectivity index (χ1v) is 7.98. The topological polar surface area (TPSA) is 82.7 Å². The van der Waals surface area contributed by atoms with Crippen LogP contribution in [0.4, 0.5) is 0 Å². The van der Waals surface area contributed by atoms with E-state index in [0.29, 0.717) is 18.3 Å². The highest BCUT2D eigenvalue weighted by Gasteiger charge is 2.46. The lowest BCUT2D eigenvalue weighted by molar-refractivity contribution is -0.141. The molecule has 1 N–H and O–H groups in total. The van der Waals surface area contributed by atoms with Gasteiger partial charge in [0, 0.05) is 13.0 Å². The highest BCUT2D eigenvalue weighted by atomic mass is 16.4. The molecule has 1 atom stereocenters. The summed E-state index contributed by atoms with van der Waals surface area (Å²) in [6.45, 7) is 5.51. The van der Waals surface area contributed by atoms with Gasteiger partial charge in [-0.15, -0.1) is 10.2 Å². The normalized spacial score (nSPS) is 25.8. The van der Waals surface area contributed by atoms with Crippen LogP contribution in [-0.4, -0.2) is 63.8 Å². The lowest BCUT2D eigenvalue weighted by atomic mass is 9.76. The molecule has 2 fully saturated rings. The van der Waals surface area contributed by atoms with Crippen molar-refractivity contribution >= 4 is 5.97 Å². The molecule has 1 spiro atoms. The summed E-state index contributed by atoms with van der Waals surface area (Å²) in [5.41, 5.74) is 0.164. The largest absolute Gasteiger partial charge is 0.480 e. The van der Waals surface area contributed by atoms with Crippen LogP contribution in [0.1, 0.15) is 38.0 Å². The molecule has 0 aromatic carbocycles. The van der Waals surface area contributed by atoms with Crippen molar-refractivity contribution in [3.05, 3.63) is 11.8 Å². The number of aliphatic carboxylic acids is 1. The molecule has 7 heteroatoms. The van der Waals surface area contributed by atoms with Gasteiger partial charge >= 0.3 is 5.97 Å². The first kappa shape index (κ1) is 15.4. The van der Waals surface area contributed by atoms with Crippen LogP contribution in [0.3, 0.4) is 0 Å². The molecule has 0 aliphatic carbocycles. The summed E-state index contributed by atoms with van der Waals surface area (Å²) < 4.78 is 5.57. The van der Waals surface area contributed by atoms with Crippen LogP contribution >= 0.6 is 0 Å². The van der Waals surface area contributed by atoms with E-state index in [9.17, 15) is 9.90 Å². The van der Waals surface area contributed by atoms with Gasteiger partial charge in [0.25, 0.3) is 0 Å². The summed E-state index contributed by atoms with van der Waals surface area (Å²) in [5, 5.41) is 17.4. The quantitative estimate of drug-likeness (QED) is 0.888. The van der Waals surface area contributed by atoms with Crippen LogP contribution in [0, 0.1) is 5.41 Å². The second kappa shape index (κ2) is 5.96. The van der Waals surface area contributed by atoms with Gasteiger partial charge in [-0.3, -0.25) is 14.6 Å². The Kier molecular flexibility index (Phi) is 4.18. The van der Waals surface area contributed by atoms with Crippen molar-refractivity contribution in [2.45, 2.75) is 45.2 Å². The van der Waals surface area contributed by atoms with E-state index in [-0.39, 0.29) is 11.5 Å². The van der Waals surface area contributed by atoms with Gasteiger partial charge in [0.05, 0.1) is 6.54 Å². The zero-order valence-corrected chi connectivity index (χ0v) is 13.3. The van der Waals surface area contributed by atoms with Crippen molar-refractivity contribution in [2.75, 3.05) is 26.7 Å². The molecule has 7 nitrogen and oxygen atoms in total. The predicted molar refractivity (Wildman–Crippen MR) is 79.3 cm³/mol. The molecular weight excluding hydrogens is 284 g/mol. The maximum Gasteiger partial charge on any atom is 0.320 e. The first-order valence-electron chi connectivity index (χ1n) is 7.98. The molecule has 3 heterocycles. The lowest BCUT2D eigenvalue weighted by Crippen LogP contribution is -2.40. The van der Waals surface area contributed by atoms with E-state index in [1.807, 2.05) is 18.9 Å². The number of hydrogen-bond acceptors (Lipinski definition) is 6. The van der Waals surface area contributed by atoms with Crippen LogP contribution in [-0.2, 0) is 17.8 Å². The summed E-state index contributed by atoms with van der Waals surface area (Å²) in [7, 11) is 1.92. The van der Waals surface area contributed by atoms with E-state index in [4.69, 9.17) is 4.42 Å². The fraction of sp³-hybridized carbons (Fsp3) is 0.800. The van der Waals surface area contributed by atoms with Crippen molar-refractivity contribution < 1.29 is 14.3 Å². The second-order valence-corrected chi connectivity index (χ2v) is 6.69. The second-order valence-electron chi connectivity index (χ2n) is 6.69. The van der Waals surface area contributed by atoms with Gasteiger partial charge in [0.2, 0.25) is 11.8 Å². The average molecular weight is 308 g/mol. The van der Waals surface area contributed by atoms with Gasteiger partial charge < -0.3 is 9.52 Å². The van der Waals surface area contributed by atoms with Gasteiger partial charge in [-0.05, 0) is 44.8 Å². The third kappa shape index (κ3) is 3.01. The Bertz CT molecular complexity index is 537. The Balaban J connectivity index is 1.55. The van der Waals surface area contributed by atoms with E-state index in [1.165, 1.54) is 0 Å². The summed E-state index contributed by atoms with van der Waals surface area (Å²) in [5.74, 6) is 0.671. The van der Waals surface area contributed by atoms with Gasteiger partial charge in [-0.25, -0.2) is 0 Å². The molecule has 0 bridgehead atoms. The average Bonchev–Trinajstić information content (AvgIpc) is 3.07. The van der Waals surface area contributed by atoms with Gasteiger partial charge in [0.15, 0.2) is 0 Å². The van der Waals surface area contributed by atoms with Crippen molar-refractivity contribution in [1.29, 1.82) is 0 Å². The minimum absolute atomic E-state index is 0.164. The summed E-state index contributed by atoms with van der Waals surface area (Å²) in [6.07, 6.45) is 3.61. The minimum atomic E-state index is -0.695. The molecular formula is C15H24N4O3. The van der Waals surface area contributed by atoms with Crippen molar-refractivity contribution in [3.8, 4) is 0 Å². The molecule has 0 unspecified atom stereocenters. The van der Waals surface area contributed by atoms with Crippen LogP contribution in [0.2, 0.25) is 0 Å². The van der Waals surface area contributed by atoms with E-state index >= 15 is 0 Å². The fourth-order valence-corrected chi connectivity index (χ4v) is 3.78. The summed E-state index contributed by atoms with van der Waals surface area (Å²) in [6, 6.07) is -0.324. The molecule has 122 valence electrons. The van der Waals surface area contributed by atoms with Gasteiger partial charge in [-0.2, -0.15) is 0 Å². The number of carboxylic acids is 1. The highest BCUT2D eigenvalue weighted by Crippen LogP contribution is 2.42. The number of likely N-dealkylation sites (tertiary alicyclic amines) is 2. The van der Waals surface area contributed by atoms with Crippen molar-refractivity contribution in [2.24, 2.45) is 5.41 Å². The minimum Gasteiger partial charge on any atom is -0.480 e. The number of hydrogen-bond donors (Lipinski definition) is 1. The Morgan fingerprint density at radius 1 is 1.36 bits per heavy atom. The Labute approximate surface area is 130 Å². The number of carbonyl (C=O) groups is 1. The maximum atomic E-state index is 11.3. The van der Waals surface area contributed by atoms with Crippen LogP contribution < -0.4 is 0 Å². The highest BCUT2D eigenvalue weighted by molar-refractivity contribution is 5.74. The monoisotopic (exact) mass is 308 g/mol. The summed E-state index contributed by atoms with van der Waals surface area (Å²) >= 11 is 0. The van der Waals surface area contributed by atoms with E-state index < -0.39 is 5.97 Å². The van der Waals surface area contributed by atoms with E-state index in [0.717, 1.165) is 45.3 Å². The molecule has 0 radical (unpaired) electrons. The number of aryl methyl sites for hydroxylation is 1. The van der Waals surface area contributed by atoms with Crippen LogP contribution in [0.25, 0.3) is 0 Å². The molecule has 1 aromatic rings. The standard InChI is InChI=1S/C15H24N4O3/c1-3-12-16-17-13(22-12)9-19-6-4-15(5-7-19)8-11(14(20)21)18(2)10-15/h11H,3-10H2,1-2H3,(H,20,21)/t11-/m0/s1. The van der Waals surface area contributed by atoms with E-state index in [1.54, 1.807) is 0 Å². The van der Waals surface area contributed by atoms with Crippen LogP contribution in [0.15, 0.2) is 4.42 Å². The number of aromatic nitrogens is 2. The van der Waals surface area contributed by atoms with Crippen LogP contribution in [0.5, 0.6) is 0 Å². The number of rotatable bonds is 4. The smallest absolute Gasteiger partial charge is 0.320 e.